The van der Waals surface area contributed by atoms with Gasteiger partial charge in [-0.1, -0.05) is 34.2 Å². The first-order chi connectivity index (χ1) is 11.9. The Morgan fingerprint density at radius 2 is 2.00 bits per heavy atom. The Balaban J connectivity index is 1.72. The fourth-order valence-electron chi connectivity index (χ4n) is 3.30. The van der Waals surface area contributed by atoms with Gasteiger partial charge in [-0.3, -0.25) is 4.90 Å². The maximum Gasteiger partial charge on any atom is 0.414 e. The maximum absolute atomic E-state index is 12.3. The van der Waals surface area contributed by atoms with Crippen LogP contribution in [-0.4, -0.2) is 48.1 Å². The van der Waals surface area contributed by atoms with Crippen molar-refractivity contribution in [2.24, 2.45) is 0 Å². The van der Waals surface area contributed by atoms with Crippen molar-refractivity contribution < 1.29 is 17.9 Å². The topological polar surface area (TPSA) is 66.9 Å². The number of carbonyl (C=O) groups is 1. The van der Waals surface area contributed by atoms with E-state index in [4.69, 9.17) is 16.3 Å². The number of carbonyl (C=O) groups excluding carboxylic acids is 1. The van der Waals surface area contributed by atoms with Crippen molar-refractivity contribution >= 4 is 56.0 Å². The number of rotatable bonds is 5. The molecule has 1 saturated heterocycles. The van der Waals surface area contributed by atoms with Crippen molar-refractivity contribution in [2.45, 2.75) is 31.9 Å². The van der Waals surface area contributed by atoms with Crippen LogP contribution in [0.5, 0.6) is 0 Å². The molecule has 1 aromatic carbocycles. The number of hydrogen-bond acceptors (Lipinski definition) is 4. The summed E-state index contributed by atoms with van der Waals surface area (Å²) in [4.78, 5) is 14.0. The minimum atomic E-state index is -3.20. The molecule has 6 nitrogen and oxygen atoms in total. The highest BCUT2D eigenvalue weighted by molar-refractivity contribution is 14.1. The van der Waals surface area contributed by atoms with E-state index in [2.05, 4.69) is 22.6 Å². The number of hydrogen-bond donors (Lipinski definition) is 0. The Morgan fingerprint density at radius 1 is 1.28 bits per heavy atom. The number of nitrogens with zero attached hydrogens (tertiary/aromatic N) is 2. The molecule has 2 heterocycles. The molecule has 0 saturated carbocycles. The Morgan fingerprint density at radius 3 is 2.68 bits per heavy atom. The second kappa shape index (κ2) is 7.98. The predicted molar refractivity (Wildman–Crippen MR) is 106 cm³/mol. The molecule has 1 fully saturated rings. The minimum Gasteiger partial charge on any atom is -0.444 e. The van der Waals surface area contributed by atoms with Crippen LogP contribution < -0.4 is 4.90 Å². The molecule has 0 aliphatic carbocycles. The average Bonchev–Trinajstić information content (AvgIpc) is 2.60. The van der Waals surface area contributed by atoms with Crippen LogP contribution in [0.2, 0.25) is 5.02 Å². The molecular formula is C16H20ClIN2O4S. The van der Waals surface area contributed by atoms with Crippen LogP contribution in [0.25, 0.3) is 0 Å². The van der Waals surface area contributed by atoms with Gasteiger partial charge in [0.2, 0.25) is 10.0 Å². The number of ether oxygens (including phenoxy) is 1. The Kier molecular flexibility index (Phi) is 6.12. The highest BCUT2D eigenvalue weighted by Crippen LogP contribution is 2.33. The summed E-state index contributed by atoms with van der Waals surface area (Å²) in [5.74, 6) is 0.188. The third-order valence-corrected chi connectivity index (χ3v) is 7.52. The minimum absolute atomic E-state index is 0.0660. The van der Waals surface area contributed by atoms with E-state index in [0.717, 1.165) is 15.7 Å². The third-order valence-electron chi connectivity index (χ3n) is 4.57. The second-order valence-electron chi connectivity index (χ2n) is 6.19. The first-order valence-corrected chi connectivity index (χ1v) is 11.7. The monoisotopic (exact) mass is 498 g/mol. The number of piperidine rings is 1. The van der Waals surface area contributed by atoms with Crippen molar-refractivity contribution in [1.29, 1.82) is 0 Å². The van der Waals surface area contributed by atoms with Gasteiger partial charge in [-0.15, -0.1) is 0 Å². The molecule has 9 heteroatoms. The first kappa shape index (κ1) is 19.2. The number of sulfonamides is 1. The van der Waals surface area contributed by atoms with Crippen molar-refractivity contribution in [3.8, 4) is 0 Å². The summed E-state index contributed by atoms with van der Waals surface area (Å²) in [6.45, 7) is 1.08. The second-order valence-corrected chi connectivity index (χ2v) is 9.79. The van der Waals surface area contributed by atoms with E-state index in [1.807, 2.05) is 6.07 Å². The fraction of sp³-hybridized carbons (Fsp3) is 0.562. The molecule has 0 N–H and O–H groups in total. The Bertz CT molecular complexity index is 751. The van der Waals surface area contributed by atoms with Crippen LogP contribution in [0.1, 0.15) is 24.8 Å². The summed E-state index contributed by atoms with van der Waals surface area (Å²) < 4.78 is 32.3. The molecule has 0 unspecified atom stereocenters. The van der Waals surface area contributed by atoms with Crippen LogP contribution in [0, 0.1) is 0 Å². The van der Waals surface area contributed by atoms with Crippen LogP contribution in [0.15, 0.2) is 18.2 Å². The zero-order valence-corrected chi connectivity index (χ0v) is 17.4. The molecule has 138 valence electrons. The number of alkyl halides is 1. The lowest BCUT2D eigenvalue weighted by Gasteiger charge is -2.39. The van der Waals surface area contributed by atoms with E-state index >= 15 is 0 Å². The molecule has 0 spiro atoms. The normalized spacial score (nSPS) is 19.6. The van der Waals surface area contributed by atoms with Gasteiger partial charge in [0, 0.05) is 34.1 Å². The van der Waals surface area contributed by atoms with Gasteiger partial charge < -0.3 is 4.74 Å². The van der Waals surface area contributed by atoms with Crippen molar-refractivity contribution in [3.05, 3.63) is 28.8 Å². The zero-order chi connectivity index (χ0) is 18.0. The molecular weight excluding hydrogens is 479 g/mol. The molecule has 3 rings (SSSR count). The van der Waals surface area contributed by atoms with Gasteiger partial charge >= 0.3 is 6.09 Å². The average molecular weight is 499 g/mol. The summed E-state index contributed by atoms with van der Waals surface area (Å²) in [7, 11) is -3.20. The van der Waals surface area contributed by atoms with Gasteiger partial charge in [0.1, 0.15) is 6.61 Å². The molecule has 2 aliphatic rings. The summed E-state index contributed by atoms with van der Waals surface area (Å²) in [5.41, 5.74) is 1.69. The van der Waals surface area contributed by atoms with Gasteiger partial charge in [-0.2, -0.15) is 0 Å². The highest BCUT2D eigenvalue weighted by atomic mass is 127. The summed E-state index contributed by atoms with van der Waals surface area (Å²) in [6.07, 6.45) is 1.48. The first-order valence-electron chi connectivity index (χ1n) is 8.20. The van der Waals surface area contributed by atoms with Crippen molar-refractivity contribution in [3.63, 3.8) is 0 Å². The maximum atomic E-state index is 12.3. The van der Waals surface area contributed by atoms with Crippen molar-refractivity contribution in [2.75, 3.05) is 28.2 Å². The molecule has 0 bridgehead atoms. The summed E-state index contributed by atoms with van der Waals surface area (Å²) in [5, 5.41) is 0.604. The number of benzene rings is 1. The smallest absolute Gasteiger partial charge is 0.414 e. The van der Waals surface area contributed by atoms with Gasteiger partial charge in [0.15, 0.2) is 0 Å². The number of halogens is 2. The SMILES string of the molecule is O=C1OCc2cc(Cl)ccc2N1C1CCN(S(=O)(=O)CCCI)CC1. The standard InChI is InChI=1S/C16H20ClIN2O4S/c17-13-2-3-15-12(10-13)11-24-16(21)20(15)14-4-7-19(8-5-14)25(22,23)9-1-6-18/h2-3,10,14H,1,4-9,11H2. The molecule has 0 atom stereocenters. The zero-order valence-electron chi connectivity index (χ0n) is 13.7. The van der Waals surface area contributed by atoms with Gasteiger partial charge in [-0.25, -0.2) is 17.5 Å². The lowest BCUT2D eigenvalue weighted by atomic mass is 10.0. The molecule has 25 heavy (non-hydrogen) atoms. The van der Waals surface area contributed by atoms with Gasteiger partial charge in [0.25, 0.3) is 0 Å². The lowest BCUT2D eigenvalue weighted by Crippen LogP contribution is -2.50. The Labute approximate surface area is 166 Å². The van der Waals surface area contributed by atoms with E-state index in [-0.39, 0.29) is 24.5 Å². The Hall–Kier alpha value is -0.580. The van der Waals surface area contributed by atoms with Gasteiger partial charge in [-0.05, 0) is 37.5 Å². The number of amides is 1. The molecule has 1 aromatic rings. The van der Waals surface area contributed by atoms with E-state index in [9.17, 15) is 13.2 Å². The molecule has 1 amide bonds. The lowest BCUT2D eigenvalue weighted by molar-refractivity contribution is 0.136. The van der Waals surface area contributed by atoms with Crippen molar-refractivity contribution in [1.82, 2.24) is 4.31 Å². The van der Waals surface area contributed by atoms with Crippen LogP contribution >= 0.6 is 34.2 Å². The van der Waals surface area contributed by atoms with Crippen LogP contribution in [0.3, 0.4) is 0 Å². The van der Waals surface area contributed by atoms with E-state index in [1.54, 1.807) is 21.3 Å². The number of fused-ring (bicyclic) bond motifs is 1. The number of anilines is 1. The molecule has 0 aromatic heterocycles. The van der Waals surface area contributed by atoms with E-state index in [0.29, 0.717) is 37.4 Å². The third kappa shape index (κ3) is 4.23. The number of cyclic esters (lactones) is 1. The van der Waals surface area contributed by atoms with E-state index < -0.39 is 10.0 Å². The molecule has 0 radical (unpaired) electrons. The largest absolute Gasteiger partial charge is 0.444 e. The molecule has 2 aliphatic heterocycles. The van der Waals surface area contributed by atoms with Crippen LogP contribution in [-0.2, 0) is 21.4 Å². The quantitative estimate of drug-likeness (QED) is 0.461. The van der Waals surface area contributed by atoms with E-state index in [1.165, 1.54) is 0 Å². The van der Waals surface area contributed by atoms with Crippen LogP contribution in [0.4, 0.5) is 10.5 Å². The van der Waals surface area contributed by atoms with Gasteiger partial charge in [0.05, 0.1) is 11.4 Å². The predicted octanol–water partition coefficient (Wildman–Crippen LogP) is 3.42. The fourth-order valence-corrected chi connectivity index (χ4v) is 5.93. The highest BCUT2D eigenvalue weighted by Gasteiger charge is 2.36. The summed E-state index contributed by atoms with van der Waals surface area (Å²) in [6, 6.07) is 5.33. The summed E-state index contributed by atoms with van der Waals surface area (Å²) >= 11 is 8.21.